The lowest BCUT2D eigenvalue weighted by Gasteiger charge is -2.28. The minimum absolute atomic E-state index is 0.200. The average molecular weight is 459 g/mol. The Morgan fingerprint density at radius 2 is 1.64 bits per heavy atom. The second-order valence-corrected chi connectivity index (χ2v) is 7.38. The molecule has 0 amide bonds. The molecular formula is C22H25N3O8. The topological polar surface area (TPSA) is 126 Å². The van der Waals surface area contributed by atoms with Gasteiger partial charge in [-0.3, -0.25) is 23.7 Å². The van der Waals surface area contributed by atoms with Gasteiger partial charge in [0.1, 0.15) is 12.7 Å². The maximum absolute atomic E-state index is 12.1. The van der Waals surface area contributed by atoms with Crippen LogP contribution in [0.2, 0.25) is 0 Å². The number of aromatic nitrogens is 2. The predicted molar refractivity (Wildman–Crippen MR) is 115 cm³/mol. The highest BCUT2D eigenvalue weighted by atomic mass is 16.7. The van der Waals surface area contributed by atoms with Crippen molar-refractivity contribution in [1.82, 2.24) is 9.55 Å². The molecule has 33 heavy (non-hydrogen) atoms. The van der Waals surface area contributed by atoms with Gasteiger partial charge < -0.3 is 23.8 Å². The molecule has 0 spiro atoms. The number of anilines is 2. The largest absolute Gasteiger partial charge is 0.463 e. The number of carbonyl (C=O) groups excluding carboxylic acids is 3. The van der Waals surface area contributed by atoms with Crippen molar-refractivity contribution < 1.29 is 33.3 Å². The van der Waals surface area contributed by atoms with Gasteiger partial charge in [0.25, 0.3) is 5.56 Å². The maximum Gasteiger partial charge on any atom is 0.303 e. The van der Waals surface area contributed by atoms with E-state index in [2.05, 4.69) is 4.98 Å². The summed E-state index contributed by atoms with van der Waals surface area (Å²) in [5.41, 5.74) is 0.249. The monoisotopic (exact) mass is 459 g/mol. The molecule has 2 aromatic rings. The number of ether oxygens (including phenoxy) is 4. The molecule has 11 heteroatoms. The van der Waals surface area contributed by atoms with E-state index in [1.165, 1.54) is 37.6 Å². The van der Waals surface area contributed by atoms with Gasteiger partial charge in [-0.2, -0.15) is 4.98 Å². The van der Waals surface area contributed by atoms with Crippen LogP contribution in [-0.2, 0) is 33.3 Å². The second kappa shape index (κ2) is 10.3. The third kappa shape index (κ3) is 5.75. The summed E-state index contributed by atoms with van der Waals surface area (Å²) < 4.78 is 23.5. The number of carbonyl (C=O) groups is 3. The molecule has 0 radical (unpaired) electrons. The Morgan fingerprint density at radius 3 is 2.24 bits per heavy atom. The molecule has 4 atom stereocenters. The van der Waals surface area contributed by atoms with Crippen LogP contribution in [0, 0.1) is 0 Å². The van der Waals surface area contributed by atoms with Crippen molar-refractivity contribution in [3.05, 3.63) is 52.9 Å². The third-order valence-electron chi connectivity index (χ3n) is 4.88. The second-order valence-electron chi connectivity index (χ2n) is 7.38. The molecule has 0 N–H and O–H groups in total. The lowest BCUT2D eigenvalue weighted by atomic mass is 10.1. The lowest BCUT2D eigenvalue weighted by Crippen LogP contribution is -2.41. The first-order valence-corrected chi connectivity index (χ1v) is 10.2. The first-order chi connectivity index (χ1) is 15.7. The van der Waals surface area contributed by atoms with Crippen molar-refractivity contribution in [3.8, 4) is 0 Å². The van der Waals surface area contributed by atoms with Crippen molar-refractivity contribution in [1.29, 1.82) is 0 Å². The van der Waals surface area contributed by atoms with E-state index in [0.29, 0.717) is 0 Å². The summed E-state index contributed by atoms with van der Waals surface area (Å²) in [7, 11) is 1.71. The van der Waals surface area contributed by atoms with E-state index >= 15 is 0 Å². The molecule has 1 fully saturated rings. The highest BCUT2D eigenvalue weighted by Gasteiger charge is 2.51. The number of esters is 3. The zero-order valence-corrected chi connectivity index (χ0v) is 18.7. The third-order valence-corrected chi connectivity index (χ3v) is 4.88. The van der Waals surface area contributed by atoms with E-state index in [1.807, 2.05) is 30.3 Å². The zero-order chi connectivity index (χ0) is 24.1. The highest BCUT2D eigenvalue weighted by Crippen LogP contribution is 2.36. The van der Waals surface area contributed by atoms with Gasteiger partial charge >= 0.3 is 17.9 Å². The molecule has 1 aliphatic rings. The van der Waals surface area contributed by atoms with Gasteiger partial charge in [-0.15, -0.1) is 0 Å². The van der Waals surface area contributed by atoms with Crippen molar-refractivity contribution >= 4 is 29.5 Å². The molecule has 1 unspecified atom stereocenters. The SMILES string of the molecule is CC(=O)OC[C@H]1OC(n2ccc(=O)nc2N(C)c2ccccc2)[C@H](OC(C)=O)[C@@H]1OC(C)=O. The Hall–Kier alpha value is -3.73. The summed E-state index contributed by atoms with van der Waals surface area (Å²) in [6, 6.07) is 10.4. The van der Waals surface area contributed by atoms with Crippen LogP contribution in [0.4, 0.5) is 11.6 Å². The van der Waals surface area contributed by atoms with E-state index < -0.39 is 48.0 Å². The quantitative estimate of drug-likeness (QED) is 0.442. The smallest absolute Gasteiger partial charge is 0.303 e. The summed E-state index contributed by atoms with van der Waals surface area (Å²) in [5.74, 6) is -1.62. The molecule has 1 aliphatic heterocycles. The van der Waals surface area contributed by atoms with Gasteiger partial charge in [0, 0.05) is 45.8 Å². The number of benzene rings is 1. The van der Waals surface area contributed by atoms with Crippen molar-refractivity contribution in [3.63, 3.8) is 0 Å². The molecule has 1 aromatic heterocycles. The normalized spacial score (nSPS) is 21.8. The first kappa shape index (κ1) is 23.9. The summed E-state index contributed by atoms with van der Waals surface area (Å²) in [6.45, 7) is 3.41. The minimum atomic E-state index is -1.10. The fourth-order valence-electron chi connectivity index (χ4n) is 3.53. The van der Waals surface area contributed by atoms with Crippen LogP contribution in [0.1, 0.15) is 27.0 Å². The van der Waals surface area contributed by atoms with Gasteiger partial charge in [0.05, 0.1) is 0 Å². The van der Waals surface area contributed by atoms with E-state index in [-0.39, 0.29) is 12.6 Å². The maximum atomic E-state index is 12.1. The molecule has 3 rings (SSSR count). The Bertz CT molecular complexity index is 1070. The number of para-hydroxylation sites is 1. The fraction of sp³-hybridized carbons (Fsp3) is 0.409. The molecular weight excluding hydrogens is 434 g/mol. The summed E-state index contributed by atoms with van der Waals surface area (Å²) in [4.78, 5) is 52.9. The molecule has 176 valence electrons. The molecule has 0 saturated carbocycles. The van der Waals surface area contributed by atoms with Gasteiger partial charge in [-0.05, 0) is 12.1 Å². The van der Waals surface area contributed by atoms with Gasteiger partial charge in [-0.1, -0.05) is 18.2 Å². The number of hydrogen-bond donors (Lipinski definition) is 0. The van der Waals surface area contributed by atoms with Crippen LogP contribution in [0.5, 0.6) is 0 Å². The molecule has 2 heterocycles. The minimum Gasteiger partial charge on any atom is -0.463 e. The van der Waals surface area contributed by atoms with Crippen LogP contribution >= 0.6 is 0 Å². The van der Waals surface area contributed by atoms with Crippen molar-refractivity contribution in [2.24, 2.45) is 0 Å². The van der Waals surface area contributed by atoms with Crippen molar-refractivity contribution in [2.45, 2.75) is 45.3 Å². The van der Waals surface area contributed by atoms with Crippen LogP contribution < -0.4 is 10.5 Å². The summed E-state index contributed by atoms with van der Waals surface area (Å²) in [6.07, 6.45) is -2.68. The Kier molecular flexibility index (Phi) is 7.44. The average Bonchev–Trinajstić information content (AvgIpc) is 3.08. The van der Waals surface area contributed by atoms with Crippen LogP contribution in [-0.4, -0.2) is 59.4 Å². The van der Waals surface area contributed by atoms with Gasteiger partial charge in [0.15, 0.2) is 18.4 Å². The Morgan fingerprint density at radius 1 is 1.00 bits per heavy atom. The number of hydrogen-bond acceptors (Lipinski definition) is 10. The molecule has 1 aromatic carbocycles. The van der Waals surface area contributed by atoms with E-state index in [9.17, 15) is 19.2 Å². The van der Waals surface area contributed by atoms with Crippen LogP contribution in [0.15, 0.2) is 47.4 Å². The molecule has 0 aliphatic carbocycles. The zero-order valence-electron chi connectivity index (χ0n) is 18.7. The summed E-state index contributed by atoms with van der Waals surface area (Å²) in [5, 5.41) is 0. The fourth-order valence-corrected chi connectivity index (χ4v) is 3.53. The van der Waals surface area contributed by atoms with Crippen molar-refractivity contribution in [2.75, 3.05) is 18.6 Å². The lowest BCUT2D eigenvalue weighted by molar-refractivity contribution is -0.166. The molecule has 1 saturated heterocycles. The standard InChI is InChI=1S/C22H25N3O8/c1-13(26)30-12-17-19(31-14(2)27)20(32-15(3)28)21(33-17)25-11-10-18(29)23-22(25)24(4)16-8-6-5-7-9-16/h5-11,17,19-21H,12H2,1-4H3/t17-,19-,20-,21?/m1/s1. The number of rotatable bonds is 7. The molecule has 11 nitrogen and oxygen atoms in total. The van der Waals surface area contributed by atoms with Gasteiger partial charge in [0.2, 0.25) is 5.95 Å². The highest BCUT2D eigenvalue weighted by molar-refractivity contribution is 5.68. The van der Waals surface area contributed by atoms with E-state index in [1.54, 1.807) is 11.9 Å². The molecule has 0 bridgehead atoms. The van der Waals surface area contributed by atoms with Crippen LogP contribution in [0.3, 0.4) is 0 Å². The predicted octanol–water partition coefficient (Wildman–Crippen LogP) is 1.34. The summed E-state index contributed by atoms with van der Waals surface area (Å²) >= 11 is 0. The van der Waals surface area contributed by atoms with E-state index in [0.717, 1.165) is 5.69 Å². The Labute approximate surface area is 189 Å². The Balaban J connectivity index is 2.06. The van der Waals surface area contributed by atoms with E-state index in [4.69, 9.17) is 18.9 Å². The van der Waals surface area contributed by atoms with Crippen LogP contribution in [0.25, 0.3) is 0 Å². The first-order valence-electron chi connectivity index (χ1n) is 10.2. The number of nitrogens with zero attached hydrogens (tertiary/aromatic N) is 3. The van der Waals surface area contributed by atoms with Gasteiger partial charge in [-0.25, -0.2) is 0 Å².